The van der Waals surface area contributed by atoms with E-state index in [1.54, 1.807) is 24.3 Å². The number of hydrogen-bond donors (Lipinski definition) is 1. The number of hydrogen-bond acceptors (Lipinski definition) is 2. The van der Waals surface area contributed by atoms with Crippen LogP contribution in [-0.4, -0.2) is 5.91 Å². The van der Waals surface area contributed by atoms with Crippen LogP contribution >= 0.6 is 22.6 Å². The molecule has 24 heavy (non-hydrogen) atoms. The number of ether oxygens (including phenoxy) is 1. The molecular weight excluding hydrogens is 413 g/mol. The maximum atomic E-state index is 12.3. The molecule has 3 aromatic carbocycles. The Kier molecular flexibility index (Phi) is 5.15. The van der Waals surface area contributed by atoms with Gasteiger partial charge in [0.15, 0.2) is 0 Å². The average molecular weight is 429 g/mol. The van der Waals surface area contributed by atoms with Gasteiger partial charge >= 0.3 is 0 Å². The van der Waals surface area contributed by atoms with Crippen LogP contribution in [0.4, 0.5) is 5.69 Å². The van der Waals surface area contributed by atoms with Crippen LogP contribution in [0, 0.1) is 10.5 Å². The Morgan fingerprint density at radius 3 is 1.96 bits per heavy atom. The molecule has 0 heterocycles. The minimum absolute atomic E-state index is 0.141. The van der Waals surface area contributed by atoms with Crippen LogP contribution in [0.1, 0.15) is 15.9 Å². The lowest BCUT2D eigenvalue weighted by atomic mass is 10.2. The Morgan fingerprint density at radius 2 is 1.38 bits per heavy atom. The van der Waals surface area contributed by atoms with Crippen LogP contribution < -0.4 is 10.1 Å². The third kappa shape index (κ3) is 4.35. The van der Waals surface area contributed by atoms with Crippen molar-refractivity contribution in [3.8, 4) is 11.5 Å². The Hall–Kier alpha value is -2.34. The first-order chi connectivity index (χ1) is 11.6. The summed E-state index contributed by atoms with van der Waals surface area (Å²) < 4.78 is 6.89. The Labute approximate surface area is 154 Å². The summed E-state index contributed by atoms with van der Waals surface area (Å²) in [6.07, 6.45) is 0. The van der Waals surface area contributed by atoms with Crippen LogP contribution in [0.25, 0.3) is 0 Å². The molecule has 0 unspecified atom stereocenters. The van der Waals surface area contributed by atoms with E-state index >= 15 is 0 Å². The number of aryl methyl sites for hydroxylation is 1. The van der Waals surface area contributed by atoms with Gasteiger partial charge in [0.1, 0.15) is 11.5 Å². The van der Waals surface area contributed by atoms with Crippen LogP contribution in [-0.2, 0) is 0 Å². The average Bonchev–Trinajstić information content (AvgIpc) is 2.59. The molecule has 4 heteroatoms. The topological polar surface area (TPSA) is 38.3 Å². The second-order valence-corrected chi connectivity index (χ2v) is 6.65. The van der Waals surface area contributed by atoms with E-state index in [0.29, 0.717) is 11.3 Å². The number of rotatable bonds is 4. The van der Waals surface area contributed by atoms with Gasteiger partial charge in [-0.15, -0.1) is 0 Å². The molecule has 0 atom stereocenters. The molecule has 0 bridgehead atoms. The molecule has 1 N–H and O–H groups in total. The molecule has 3 nitrogen and oxygen atoms in total. The van der Waals surface area contributed by atoms with Crippen molar-refractivity contribution in [1.29, 1.82) is 0 Å². The van der Waals surface area contributed by atoms with Gasteiger partial charge in [-0.2, -0.15) is 0 Å². The van der Waals surface area contributed by atoms with Crippen LogP contribution in [0.5, 0.6) is 11.5 Å². The summed E-state index contributed by atoms with van der Waals surface area (Å²) in [5, 5.41) is 2.88. The fraction of sp³-hybridized carbons (Fsp3) is 0.0500. The van der Waals surface area contributed by atoms with Crippen molar-refractivity contribution in [2.45, 2.75) is 6.92 Å². The lowest BCUT2D eigenvalue weighted by Gasteiger charge is -2.08. The van der Waals surface area contributed by atoms with Crippen molar-refractivity contribution in [1.82, 2.24) is 0 Å². The summed E-state index contributed by atoms with van der Waals surface area (Å²) in [5.41, 5.74) is 2.55. The van der Waals surface area contributed by atoms with E-state index in [0.717, 1.165) is 15.0 Å². The predicted molar refractivity (Wildman–Crippen MR) is 105 cm³/mol. The molecule has 0 aliphatic heterocycles. The van der Waals surface area contributed by atoms with Crippen molar-refractivity contribution in [2.24, 2.45) is 0 Å². The lowest BCUT2D eigenvalue weighted by molar-refractivity contribution is 0.102. The van der Waals surface area contributed by atoms with E-state index in [1.165, 1.54) is 5.56 Å². The molecule has 3 rings (SSSR count). The molecule has 0 fully saturated rings. The summed E-state index contributed by atoms with van der Waals surface area (Å²) in [5.74, 6) is 1.33. The molecule has 120 valence electrons. The summed E-state index contributed by atoms with van der Waals surface area (Å²) in [7, 11) is 0. The molecule has 1 amide bonds. The molecule has 3 aromatic rings. The van der Waals surface area contributed by atoms with Gasteiger partial charge in [0, 0.05) is 14.8 Å². The second-order valence-electron chi connectivity index (χ2n) is 5.40. The Bertz CT molecular complexity index is 825. The van der Waals surface area contributed by atoms with E-state index in [2.05, 4.69) is 27.9 Å². The number of halogens is 1. The van der Waals surface area contributed by atoms with Gasteiger partial charge in [-0.3, -0.25) is 4.79 Å². The largest absolute Gasteiger partial charge is 0.457 e. The SMILES string of the molecule is Cc1ccc(Oc2ccc(C(=O)Nc3ccc(I)cc3)cc2)cc1. The number of carbonyl (C=O) groups excluding carboxylic acids is 1. The molecule has 0 aliphatic carbocycles. The van der Waals surface area contributed by atoms with Gasteiger partial charge in [-0.05, 0) is 90.2 Å². The Morgan fingerprint density at radius 1 is 0.833 bits per heavy atom. The fourth-order valence-electron chi connectivity index (χ4n) is 2.15. The van der Waals surface area contributed by atoms with E-state index in [9.17, 15) is 4.79 Å². The normalized spacial score (nSPS) is 10.2. The van der Waals surface area contributed by atoms with Crippen LogP contribution in [0.15, 0.2) is 72.8 Å². The van der Waals surface area contributed by atoms with Gasteiger partial charge < -0.3 is 10.1 Å². The van der Waals surface area contributed by atoms with Gasteiger partial charge in [0.05, 0.1) is 0 Å². The third-order valence-corrected chi connectivity index (χ3v) is 4.19. The summed E-state index contributed by atoms with van der Waals surface area (Å²) in [4.78, 5) is 12.3. The van der Waals surface area contributed by atoms with Gasteiger partial charge in [-0.25, -0.2) is 0 Å². The van der Waals surface area contributed by atoms with E-state index in [4.69, 9.17) is 4.74 Å². The molecule has 0 aromatic heterocycles. The zero-order chi connectivity index (χ0) is 16.9. The zero-order valence-electron chi connectivity index (χ0n) is 13.1. The van der Waals surface area contributed by atoms with Crippen LogP contribution in [0.3, 0.4) is 0 Å². The molecule has 0 saturated carbocycles. The maximum absolute atomic E-state index is 12.3. The number of anilines is 1. The van der Waals surface area contributed by atoms with Gasteiger partial charge in [0.2, 0.25) is 0 Å². The summed E-state index contributed by atoms with van der Waals surface area (Å²) in [6.45, 7) is 2.03. The highest BCUT2D eigenvalue weighted by Gasteiger charge is 2.06. The number of benzene rings is 3. The van der Waals surface area contributed by atoms with E-state index in [-0.39, 0.29) is 5.91 Å². The third-order valence-electron chi connectivity index (χ3n) is 3.48. The summed E-state index contributed by atoms with van der Waals surface area (Å²) in [6, 6.07) is 22.6. The van der Waals surface area contributed by atoms with E-state index < -0.39 is 0 Å². The minimum atomic E-state index is -0.141. The zero-order valence-corrected chi connectivity index (χ0v) is 15.3. The van der Waals surface area contributed by atoms with Crippen LogP contribution in [0.2, 0.25) is 0 Å². The molecule has 0 radical (unpaired) electrons. The molecule has 0 aliphatic rings. The number of nitrogens with one attached hydrogen (secondary N) is 1. The predicted octanol–water partition coefficient (Wildman–Crippen LogP) is 5.64. The highest BCUT2D eigenvalue weighted by Crippen LogP contribution is 2.22. The monoisotopic (exact) mass is 429 g/mol. The highest BCUT2D eigenvalue weighted by atomic mass is 127. The molecule has 0 saturated heterocycles. The van der Waals surface area contributed by atoms with E-state index in [1.807, 2.05) is 55.5 Å². The molecule has 0 spiro atoms. The van der Waals surface area contributed by atoms with Crippen molar-refractivity contribution in [3.63, 3.8) is 0 Å². The first kappa shape index (κ1) is 16.5. The minimum Gasteiger partial charge on any atom is -0.457 e. The second kappa shape index (κ2) is 7.49. The first-order valence-corrected chi connectivity index (χ1v) is 8.59. The van der Waals surface area contributed by atoms with Crippen molar-refractivity contribution >= 4 is 34.2 Å². The lowest BCUT2D eigenvalue weighted by Crippen LogP contribution is -2.11. The smallest absolute Gasteiger partial charge is 0.255 e. The quantitative estimate of drug-likeness (QED) is 0.545. The molecular formula is C20H16INO2. The van der Waals surface area contributed by atoms with Crippen molar-refractivity contribution in [3.05, 3.63) is 87.5 Å². The van der Waals surface area contributed by atoms with Crippen molar-refractivity contribution in [2.75, 3.05) is 5.32 Å². The van der Waals surface area contributed by atoms with Gasteiger partial charge in [0.25, 0.3) is 5.91 Å². The fourth-order valence-corrected chi connectivity index (χ4v) is 2.51. The number of carbonyl (C=O) groups is 1. The maximum Gasteiger partial charge on any atom is 0.255 e. The first-order valence-electron chi connectivity index (χ1n) is 7.52. The number of amides is 1. The highest BCUT2D eigenvalue weighted by molar-refractivity contribution is 14.1. The Balaban J connectivity index is 1.66. The summed E-state index contributed by atoms with van der Waals surface area (Å²) >= 11 is 2.23. The standard InChI is InChI=1S/C20H16INO2/c1-14-2-10-18(11-3-14)24-19-12-4-15(5-13-19)20(23)22-17-8-6-16(21)7-9-17/h2-13H,1H3,(H,22,23). The van der Waals surface area contributed by atoms with Gasteiger partial charge in [-0.1, -0.05) is 17.7 Å². The van der Waals surface area contributed by atoms with Crippen molar-refractivity contribution < 1.29 is 9.53 Å².